The van der Waals surface area contributed by atoms with Gasteiger partial charge in [0.05, 0.1) is 16.9 Å². The third kappa shape index (κ3) is 2.67. The Bertz CT molecular complexity index is 485. The molecule has 0 saturated carbocycles. The smallest absolute Gasteiger partial charge is 0.227 e. The van der Waals surface area contributed by atoms with E-state index in [2.05, 4.69) is 15.0 Å². The maximum absolute atomic E-state index is 11.8. The van der Waals surface area contributed by atoms with Crippen LogP contribution >= 0.6 is 11.6 Å². The van der Waals surface area contributed by atoms with E-state index in [0.717, 1.165) is 0 Å². The van der Waals surface area contributed by atoms with Crippen molar-refractivity contribution in [1.29, 1.82) is 0 Å². The molecule has 0 aliphatic carbocycles. The Morgan fingerprint density at radius 1 is 1.65 bits per heavy atom. The highest BCUT2D eigenvalue weighted by atomic mass is 35.5. The summed E-state index contributed by atoms with van der Waals surface area (Å²) >= 11 is 5.82. The van der Waals surface area contributed by atoms with Gasteiger partial charge in [0.2, 0.25) is 5.91 Å². The number of azide groups is 1. The van der Waals surface area contributed by atoms with Crippen LogP contribution in [-0.2, 0) is 4.79 Å². The van der Waals surface area contributed by atoms with Crippen LogP contribution in [0, 0.1) is 5.92 Å². The zero-order chi connectivity index (χ0) is 12.3. The standard InChI is InChI=1S/C10H10ClN5O/c11-8-2-9(5-13-4-8)16-6-7(1-10(16)17)3-14-15-12/h2,4-5,7H,1,3,6H2. The number of hydrogen-bond acceptors (Lipinski definition) is 3. The van der Waals surface area contributed by atoms with Crippen molar-refractivity contribution in [3.05, 3.63) is 33.9 Å². The number of aromatic nitrogens is 1. The van der Waals surface area contributed by atoms with Gasteiger partial charge in [-0.15, -0.1) is 0 Å². The Balaban J connectivity index is 2.12. The highest BCUT2D eigenvalue weighted by Gasteiger charge is 2.30. The molecule has 17 heavy (non-hydrogen) atoms. The molecule has 6 nitrogen and oxygen atoms in total. The van der Waals surface area contributed by atoms with E-state index >= 15 is 0 Å². The Labute approximate surface area is 103 Å². The average Bonchev–Trinajstić information content (AvgIpc) is 2.68. The molecular formula is C10H10ClN5O. The van der Waals surface area contributed by atoms with E-state index < -0.39 is 0 Å². The maximum atomic E-state index is 11.8. The minimum Gasteiger partial charge on any atom is -0.311 e. The number of amides is 1. The molecule has 0 aromatic carbocycles. The fourth-order valence-electron chi connectivity index (χ4n) is 1.85. The first-order valence-electron chi connectivity index (χ1n) is 5.12. The zero-order valence-corrected chi connectivity index (χ0v) is 9.71. The third-order valence-corrected chi connectivity index (χ3v) is 2.82. The van der Waals surface area contributed by atoms with Crippen LogP contribution in [0.2, 0.25) is 5.02 Å². The summed E-state index contributed by atoms with van der Waals surface area (Å²) in [6.07, 6.45) is 3.51. The van der Waals surface area contributed by atoms with Gasteiger partial charge in [0.15, 0.2) is 0 Å². The van der Waals surface area contributed by atoms with E-state index in [1.165, 1.54) is 6.20 Å². The molecule has 1 aliphatic rings. The van der Waals surface area contributed by atoms with Crippen molar-refractivity contribution >= 4 is 23.2 Å². The van der Waals surface area contributed by atoms with Crippen molar-refractivity contribution < 1.29 is 4.79 Å². The first kappa shape index (κ1) is 11.7. The van der Waals surface area contributed by atoms with Gasteiger partial charge in [0, 0.05) is 30.6 Å². The molecular weight excluding hydrogens is 242 g/mol. The Morgan fingerprint density at radius 2 is 2.47 bits per heavy atom. The van der Waals surface area contributed by atoms with Crippen LogP contribution in [0.4, 0.5) is 5.69 Å². The van der Waals surface area contributed by atoms with E-state index in [-0.39, 0.29) is 11.8 Å². The molecule has 0 N–H and O–H groups in total. The molecule has 1 saturated heterocycles. The molecule has 88 valence electrons. The Morgan fingerprint density at radius 3 is 3.18 bits per heavy atom. The monoisotopic (exact) mass is 251 g/mol. The van der Waals surface area contributed by atoms with Crippen LogP contribution in [0.15, 0.2) is 23.6 Å². The van der Waals surface area contributed by atoms with Crippen molar-refractivity contribution in [2.45, 2.75) is 6.42 Å². The fourth-order valence-corrected chi connectivity index (χ4v) is 2.02. The van der Waals surface area contributed by atoms with Gasteiger partial charge in [-0.2, -0.15) is 0 Å². The second kappa shape index (κ2) is 5.03. The van der Waals surface area contributed by atoms with Gasteiger partial charge in [-0.05, 0) is 17.5 Å². The summed E-state index contributed by atoms with van der Waals surface area (Å²) in [5.41, 5.74) is 8.93. The topological polar surface area (TPSA) is 82.0 Å². The van der Waals surface area contributed by atoms with E-state index in [1.807, 2.05) is 0 Å². The average molecular weight is 252 g/mol. The predicted octanol–water partition coefficient (Wildman–Crippen LogP) is 2.40. The van der Waals surface area contributed by atoms with Crippen molar-refractivity contribution in [3.63, 3.8) is 0 Å². The molecule has 1 aromatic heterocycles. The van der Waals surface area contributed by atoms with E-state index in [0.29, 0.717) is 30.2 Å². The summed E-state index contributed by atoms with van der Waals surface area (Å²) < 4.78 is 0. The van der Waals surface area contributed by atoms with E-state index in [4.69, 9.17) is 17.1 Å². The molecule has 0 radical (unpaired) electrons. The van der Waals surface area contributed by atoms with E-state index in [9.17, 15) is 4.79 Å². The summed E-state index contributed by atoms with van der Waals surface area (Å²) in [7, 11) is 0. The maximum Gasteiger partial charge on any atom is 0.227 e. The minimum atomic E-state index is 0.00667. The molecule has 7 heteroatoms. The fraction of sp³-hybridized carbons (Fsp3) is 0.400. The second-order valence-corrected chi connectivity index (χ2v) is 4.29. The predicted molar refractivity (Wildman–Crippen MR) is 63.7 cm³/mol. The van der Waals surface area contributed by atoms with Crippen molar-refractivity contribution in [1.82, 2.24) is 4.98 Å². The van der Waals surface area contributed by atoms with Gasteiger partial charge in [-0.25, -0.2) is 0 Å². The summed E-state index contributed by atoms with van der Waals surface area (Å²) in [5.74, 6) is 0.0737. The van der Waals surface area contributed by atoms with Crippen LogP contribution in [0.5, 0.6) is 0 Å². The molecule has 0 spiro atoms. The van der Waals surface area contributed by atoms with Gasteiger partial charge in [0.25, 0.3) is 0 Å². The van der Waals surface area contributed by atoms with Gasteiger partial charge in [0.1, 0.15) is 0 Å². The zero-order valence-electron chi connectivity index (χ0n) is 8.95. The van der Waals surface area contributed by atoms with Crippen molar-refractivity contribution in [3.8, 4) is 0 Å². The molecule has 1 fully saturated rings. The van der Waals surface area contributed by atoms with Gasteiger partial charge < -0.3 is 4.90 Å². The largest absolute Gasteiger partial charge is 0.311 e. The quantitative estimate of drug-likeness (QED) is 0.469. The van der Waals surface area contributed by atoms with Crippen molar-refractivity contribution in [2.75, 3.05) is 18.0 Å². The van der Waals surface area contributed by atoms with Gasteiger partial charge >= 0.3 is 0 Å². The number of halogens is 1. The number of pyridine rings is 1. The van der Waals surface area contributed by atoms with Crippen LogP contribution in [-0.4, -0.2) is 24.0 Å². The number of carbonyl (C=O) groups is 1. The Hall–Kier alpha value is -1.78. The second-order valence-electron chi connectivity index (χ2n) is 3.85. The van der Waals surface area contributed by atoms with Crippen LogP contribution < -0.4 is 4.90 Å². The number of carbonyl (C=O) groups excluding carboxylic acids is 1. The highest BCUT2D eigenvalue weighted by Crippen LogP contribution is 2.26. The molecule has 1 amide bonds. The van der Waals surface area contributed by atoms with Crippen molar-refractivity contribution in [2.24, 2.45) is 11.0 Å². The molecule has 2 heterocycles. The van der Waals surface area contributed by atoms with Crippen LogP contribution in [0.1, 0.15) is 6.42 Å². The van der Waals surface area contributed by atoms with Gasteiger partial charge in [-0.3, -0.25) is 9.78 Å². The summed E-state index contributed by atoms with van der Waals surface area (Å²) in [6.45, 7) is 0.882. The molecule has 0 bridgehead atoms. The lowest BCUT2D eigenvalue weighted by atomic mass is 10.1. The van der Waals surface area contributed by atoms with E-state index in [1.54, 1.807) is 17.2 Å². The first-order chi connectivity index (χ1) is 8.20. The lowest BCUT2D eigenvalue weighted by Crippen LogP contribution is -2.24. The molecule has 1 unspecified atom stereocenters. The van der Waals surface area contributed by atoms with Crippen LogP contribution in [0.3, 0.4) is 0 Å². The number of nitrogens with zero attached hydrogens (tertiary/aromatic N) is 5. The lowest BCUT2D eigenvalue weighted by Gasteiger charge is -2.15. The SMILES string of the molecule is [N-]=[N+]=NCC1CC(=O)N(c2cncc(Cl)c2)C1. The summed E-state index contributed by atoms with van der Waals surface area (Å²) in [4.78, 5) is 20.0. The first-order valence-corrected chi connectivity index (χ1v) is 5.50. The minimum absolute atomic E-state index is 0.00667. The molecule has 2 rings (SSSR count). The third-order valence-electron chi connectivity index (χ3n) is 2.61. The lowest BCUT2D eigenvalue weighted by molar-refractivity contribution is -0.117. The number of hydrogen-bond donors (Lipinski definition) is 0. The molecule has 1 atom stereocenters. The molecule has 1 aromatic rings. The normalized spacial score (nSPS) is 19.2. The summed E-state index contributed by atoms with van der Waals surface area (Å²) in [5, 5.41) is 3.99. The summed E-state index contributed by atoms with van der Waals surface area (Å²) in [6, 6.07) is 1.70. The Kier molecular flexibility index (Phi) is 3.46. The number of anilines is 1. The van der Waals surface area contributed by atoms with Gasteiger partial charge in [-0.1, -0.05) is 16.7 Å². The number of rotatable bonds is 3. The van der Waals surface area contributed by atoms with Crippen LogP contribution in [0.25, 0.3) is 10.4 Å². The molecule has 1 aliphatic heterocycles. The highest BCUT2D eigenvalue weighted by molar-refractivity contribution is 6.30.